The van der Waals surface area contributed by atoms with Crippen LogP contribution in [-0.2, 0) is 16.6 Å². The Labute approximate surface area is 166 Å². The zero-order valence-corrected chi connectivity index (χ0v) is 16.5. The Morgan fingerprint density at radius 3 is 2.54 bits per heavy atom. The quantitative estimate of drug-likeness (QED) is 0.663. The molecule has 6 nitrogen and oxygen atoms in total. The summed E-state index contributed by atoms with van der Waals surface area (Å²) >= 11 is 5.89. The van der Waals surface area contributed by atoms with Gasteiger partial charge in [-0.1, -0.05) is 17.7 Å². The molecule has 9 heteroatoms. The molecule has 0 aliphatic carbocycles. The molecule has 3 aromatic rings. The zero-order valence-electron chi connectivity index (χ0n) is 14.9. The monoisotopic (exact) mass is 421 g/mol. The number of hydrogen-bond donors (Lipinski definition) is 1. The molecular weight excluding hydrogens is 405 g/mol. The third-order valence-corrected chi connectivity index (χ3v) is 5.90. The summed E-state index contributed by atoms with van der Waals surface area (Å²) in [6, 6.07) is 13.2. The van der Waals surface area contributed by atoms with E-state index in [0.29, 0.717) is 21.8 Å². The van der Waals surface area contributed by atoms with Gasteiger partial charge in [-0.2, -0.15) is 5.10 Å². The molecule has 0 aliphatic rings. The van der Waals surface area contributed by atoms with Gasteiger partial charge in [-0.3, -0.25) is 4.79 Å². The molecule has 0 atom stereocenters. The highest BCUT2D eigenvalue weighted by molar-refractivity contribution is 7.89. The number of hydrogen-bond acceptors (Lipinski definition) is 4. The average molecular weight is 422 g/mol. The highest BCUT2D eigenvalue weighted by Crippen LogP contribution is 2.20. The Kier molecular flexibility index (Phi) is 5.93. The smallest absolute Gasteiger partial charge is 0.266 e. The molecule has 0 bridgehead atoms. The van der Waals surface area contributed by atoms with Gasteiger partial charge in [0.1, 0.15) is 5.82 Å². The van der Waals surface area contributed by atoms with E-state index >= 15 is 0 Å². The van der Waals surface area contributed by atoms with Gasteiger partial charge in [-0.05, 0) is 55.0 Å². The Morgan fingerprint density at radius 2 is 1.82 bits per heavy atom. The van der Waals surface area contributed by atoms with Crippen molar-refractivity contribution in [1.29, 1.82) is 0 Å². The number of nitrogens with one attached hydrogen (secondary N) is 1. The first-order valence-electron chi connectivity index (χ1n) is 8.36. The summed E-state index contributed by atoms with van der Waals surface area (Å²) in [6.45, 7) is 1.67. The van der Waals surface area contributed by atoms with Gasteiger partial charge in [0, 0.05) is 23.2 Å². The lowest BCUT2D eigenvalue weighted by Crippen LogP contribution is -2.32. The van der Waals surface area contributed by atoms with Crippen LogP contribution < -0.4 is 10.3 Å². The number of aromatic nitrogens is 2. The van der Waals surface area contributed by atoms with Crippen LogP contribution in [0.15, 0.2) is 64.3 Å². The largest absolute Gasteiger partial charge is 0.268 e. The van der Waals surface area contributed by atoms with E-state index in [1.54, 1.807) is 31.2 Å². The first-order valence-corrected chi connectivity index (χ1v) is 10.2. The second-order valence-corrected chi connectivity index (χ2v) is 8.27. The summed E-state index contributed by atoms with van der Waals surface area (Å²) in [5.74, 6) is -0.372. The second-order valence-electron chi connectivity index (χ2n) is 6.09. The van der Waals surface area contributed by atoms with Gasteiger partial charge < -0.3 is 0 Å². The van der Waals surface area contributed by atoms with Crippen LogP contribution >= 0.6 is 11.6 Å². The Hall–Kier alpha value is -2.55. The summed E-state index contributed by atoms with van der Waals surface area (Å²) < 4.78 is 41.7. The highest BCUT2D eigenvalue weighted by atomic mass is 35.5. The van der Waals surface area contributed by atoms with Crippen molar-refractivity contribution in [3.8, 4) is 11.3 Å². The summed E-state index contributed by atoms with van der Waals surface area (Å²) in [7, 11) is -3.78. The van der Waals surface area contributed by atoms with Gasteiger partial charge in [-0.25, -0.2) is 22.2 Å². The van der Waals surface area contributed by atoms with E-state index < -0.39 is 10.0 Å². The minimum absolute atomic E-state index is 0.0337. The second kappa shape index (κ2) is 8.22. The molecule has 146 valence electrons. The molecule has 1 aromatic heterocycles. The average Bonchev–Trinajstić information content (AvgIpc) is 2.66. The lowest BCUT2D eigenvalue weighted by Gasteiger charge is -2.11. The fraction of sp³-hybridized carbons (Fsp3) is 0.158. The van der Waals surface area contributed by atoms with Crippen LogP contribution in [0.4, 0.5) is 4.39 Å². The Morgan fingerprint density at radius 1 is 1.11 bits per heavy atom. The number of rotatable bonds is 6. The predicted octanol–water partition coefficient (Wildman–Crippen LogP) is 2.99. The minimum atomic E-state index is -3.78. The predicted molar refractivity (Wildman–Crippen MR) is 105 cm³/mol. The van der Waals surface area contributed by atoms with E-state index in [1.165, 1.54) is 30.3 Å². The van der Waals surface area contributed by atoms with Crippen LogP contribution in [0.5, 0.6) is 0 Å². The summed E-state index contributed by atoms with van der Waals surface area (Å²) in [5, 5.41) is 4.54. The summed E-state index contributed by atoms with van der Waals surface area (Å²) in [5.41, 5.74) is 1.31. The van der Waals surface area contributed by atoms with E-state index in [2.05, 4.69) is 9.82 Å². The van der Waals surface area contributed by atoms with Crippen molar-refractivity contribution >= 4 is 21.6 Å². The van der Waals surface area contributed by atoms with E-state index in [9.17, 15) is 17.6 Å². The standard InChI is InChI=1S/C19H17ClFN3O3S/c1-13-2-5-15(20)12-18(13)28(26,27)22-10-11-24-19(25)9-8-17(23-24)14-3-6-16(21)7-4-14/h2-9,12,22H,10-11H2,1H3. The minimum Gasteiger partial charge on any atom is -0.268 e. The maximum absolute atomic E-state index is 13.1. The number of nitrogens with zero attached hydrogens (tertiary/aromatic N) is 2. The Balaban J connectivity index is 1.76. The molecule has 3 rings (SSSR count). The fourth-order valence-electron chi connectivity index (χ4n) is 2.61. The molecule has 2 aromatic carbocycles. The molecule has 0 amide bonds. The van der Waals surface area contributed by atoms with Gasteiger partial charge in [0.15, 0.2) is 0 Å². The SMILES string of the molecule is Cc1ccc(Cl)cc1S(=O)(=O)NCCn1nc(-c2ccc(F)cc2)ccc1=O. The van der Waals surface area contributed by atoms with Crippen LogP contribution in [0, 0.1) is 12.7 Å². The van der Waals surface area contributed by atoms with Crippen molar-refractivity contribution in [3.63, 3.8) is 0 Å². The van der Waals surface area contributed by atoms with E-state index in [0.717, 1.165) is 4.68 Å². The van der Waals surface area contributed by atoms with Gasteiger partial charge in [0.2, 0.25) is 10.0 Å². The molecule has 0 radical (unpaired) electrons. The molecule has 1 N–H and O–H groups in total. The van der Waals surface area contributed by atoms with Crippen molar-refractivity contribution in [2.75, 3.05) is 6.54 Å². The maximum atomic E-state index is 13.1. The van der Waals surface area contributed by atoms with Crippen LogP contribution in [0.3, 0.4) is 0 Å². The normalized spacial score (nSPS) is 11.5. The van der Waals surface area contributed by atoms with Gasteiger partial charge in [0.25, 0.3) is 5.56 Å². The first-order chi connectivity index (χ1) is 13.3. The molecule has 0 saturated heterocycles. The molecule has 28 heavy (non-hydrogen) atoms. The molecule has 1 heterocycles. The van der Waals surface area contributed by atoms with Crippen molar-refractivity contribution in [2.45, 2.75) is 18.4 Å². The van der Waals surface area contributed by atoms with Crippen LogP contribution in [0.1, 0.15) is 5.56 Å². The molecule has 0 fully saturated rings. The molecular formula is C19H17ClFN3O3S. The maximum Gasteiger partial charge on any atom is 0.266 e. The van der Waals surface area contributed by atoms with Gasteiger partial charge in [0.05, 0.1) is 17.1 Å². The summed E-state index contributed by atoms with van der Waals surface area (Å²) in [4.78, 5) is 12.1. The molecule has 0 spiro atoms. The number of halogens is 2. The first kappa shape index (κ1) is 20.2. The number of benzene rings is 2. The van der Waals surface area contributed by atoms with E-state index in [4.69, 9.17) is 11.6 Å². The van der Waals surface area contributed by atoms with Gasteiger partial charge >= 0.3 is 0 Å². The lowest BCUT2D eigenvalue weighted by molar-refractivity contribution is 0.548. The lowest BCUT2D eigenvalue weighted by atomic mass is 10.1. The summed E-state index contributed by atoms with van der Waals surface area (Å²) in [6.07, 6.45) is 0. The van der Waals surface area contributed by atoms with Crippen LogP contribution in [-0.4, -0.2) is 24.7 Å². The number of aryl methyl sites for hydroxylation is 1. The van der Waals surface area contributed by atoms with E-state index in [1.807, 2.05) is 0 Å². The highest BCUT2D eigenvalue weighted by Gasteiger charge is 2.17. The van der Waals surface area contributed by atoms with Crippen molar-refractivity contribution in [1.82, 2.24) is 14.5 Å². The van der Waals surface area contributed by atoms with Crippen molar-refractivity contribution in [2.24, 2.45) is 0 Å². The van der Waals surface area contributed by atoms with E-state index in [-0.39, 0.29) is 29.4 Å². The van der Waals surface area contributed by atoms with Crippen LogP contribution in [0.25, 0.3) is 11.3 Å². The van der Waals surface area contributed by atoms with Gasteiger partial charge in [-0.15, -0.1) is 0 Å². The molecule has 0 saturated carbocycles. The number of sulfonamides is 1. The zero-order chi connectivity index (χ0) is 20.3. The topological polar surface area (TPSA) is 81.1 Å². The Bertz CT molecular complexity index is 1160. The molecule has 0 aliphatic heterocycles. The van der Waals surface area contributed by atoms with Crippen LogP contribution in [0.2, 0.25) is 5.02 Å². The third kappa shape index (κ3) is 4.64. The molecule has 0 unspecified atom stereocenters. The van der Waals surface area contributed by atoms with Crippen molar-refractivity contribution in [3.05, 3.63) is 81.4 Å². The fourth-order valence-corrected chi connectivity index (χ4v) is 4.14. The van der Waals surface area contributed by atoms with Crippen molar-refractivity contribution < 1.29 is 12.8 Å². The third-order valence-electron chi connectivity index (χ3n) is 4.06.